The summed E-state index contributed by atoms with van der Waals surface area (Å²) in [5, 5.41) is 12.5. The summed E-state index contributed by atoms with van der Waals surface area (Å²) in [4.78, 5) is 7.70. The zero-order valence-electron chi connectivity index (χ0n) is 17.5. The molecule has 0 aliphatic heterocycles. The Bertz CT molecular complexity index is 1120. The molecule has 6 heteroatoms. The largest absolute Gasteiger partial charge is 0.361 e. The van der Waals surface area contributed by atoms with Crippen molar-refractivity contribution in [3.8, 4) is 5.69 Å². The first-order valence-corrected chi connectivity index (χ1v) is 10.3. The lowest BCUT2D eigenvalue weighted by molar-refractivity contribution is 0.785. The monoisotopic (exact) mass is 400 g/mol. The average Bonchev–Trinajstić information content (AvgIpc) is 3.40. The second-order valence-electron chi connectivity index (χ2n) is 7.42. The predicted molar refractivity (Wildman–Crippen MR) is 123 cm³/mol. The van der Waals surface area contributed by atoms with E-state index in [0.29, 0.717) is 0 Å². The van der Waals surface area contributed by atoms with Crippen LogP contribution in [0.25, 0.3) is 16.6 Å². The molecule has 0 unspecified atom stereocenters. The number of H-pyrrole nitrogens is 1. The third kappa shape index (κ3) is 4.71. The molecule has 0 radical (unpaired) electrons. The van der Waals surface area contributed by atoms with Crippen molar-refractivity contribution in [2.24, 2.45) is 4.99 Å². The van der Waals surface area contributed by atoms with Crippen LogP contribution in [0.1, 0.15) is 16.7 Å². The highest BCUT2D eigenvalue weighted by molar-refractivity contribution is 5.84. The van der Waals surface area contributed by atoms with Gasteiger partial charge in [0.1, 0.15) is 0 Å². The van der Waals surface area contributed by atoms with Gasteiger partial charge in [0.05, 0.1) is 11.9 Å². The van der Waals surface area contributed by atoms with E-state index in [-0.39, 0.29) is 0 Å². The van der Waals surface area contributed by atoms with Crippen LogP contribution in [0.15, 0.2) is 72.1 Å². The van der Waals surface area contributed by atoms with Gasteiger partial charge >= 0.3 is 0 Å². The van der Waals surface area contributed by atoms with Gasteiger partial charge in [-0.15, -0.1) is 0 Å². The lowest BCUT2D eigenvalue weighted by Gasteiger charge is -2.11. The number of aromatic nitrogens is 3. The Morgan fingerprint density at radius 1 is 1.07 bits per heavy atom. The predicted octanol–water partition coefficient (Wildman–Crippen LogP) is 3.61. The number of benzene rings is 2. The first-order valence-electron chi connectivity index (χ1n) is 10.3. The van der Waals surface area contributed by atoms with Crippen LogP contribution in [0.5, 0.6) is 0 Å². The van der Waals surface area contributed by atoms with Crippen molar-refractivity contribution in [1.82, 2.24) is 25.4 Å². The fourth-order valence-electron chi connectivity index (χ4n) is 3.58. The first-order chi connectivity index (χ1) is 14.7. The van der Waals surface area contributed by atoms with E-state index in [9.17, 15) is 0 Å². The standard InChI is InChI=1S/C24H28N6/c1-18-8-9-22-20(16-28-23(22)14-18)11-13-27-24(25-2)26-12-10-19-15-29-30(17-19)21-6-4-3-5-7-21/h3-9,14-17,28H,10-13H2,1-2H3,(H2,25,26,27). The maximum Gasteiger partial charge on any atom is 0.190 e. The van der Waals surface area contributed by atoms with Crippen molar-refractivity contribution >= 4 is 16.9 Å². The Morgan fingerprint density at radius 3 is 2.67 bits per heavy atom. The van der Waals surface area contributed by atoms with Crippen LogP contribution < -0.4 is 10.6 Å². The Kier molecular flexibility index (Phi) is 6.13. The van der Waals surface area contributed by atoms with Gasteiger partial charge in [-0.2, -0.15) is 5.10 Å². The van der Waals surface area contributed by atoms with Crippen LogP contribution in [-0.4, -0.2) is 40.9 Å². The molecule has 0 saturated heterocycles. The van der Waals surface area contributed by atoms with Gasteiger partial charge in [0.25, 0.3) is 0 Å². The van der Waals surface area contributed by atoms with Crippen molar-refractivity contribution in [3.05, 3.63) is 83.8 Å². The van der Waals surface area contributed by atoms with E-state index in [0.717, 1.165) is 37.6 Å². The molecule has 2 heterocycles. The number of nitrogens with zero attached hydrogens (tertiary/aromatic N) is 3. The third-order valence-corrected chi connectivity index (χ3v) is 5.20. The SMILES string of the molecule is CN=C(NCCc1cnn(-c2ccccc2)c1)NCCc1c[nH]c2cc(C)ccc12. The molecule has 0 saturated carbocycles. The Balaban J connectivity index is 1.24. The summed E-state index contributed by atoms with van der Waals surface area (Å²) < 4.78 is 1.91. The number of para-hydroxylation sites is 1. The van der Waals surface area contributed by atoms with Crippen LogP contribution in [0.2, 0.25) is 0 Å². The van der Waals surface area contributed by atoms with Gasteiger partial charge in [-0.25, -0.2) is 4.68 Å². The summed E-state index contributed by atoms with van der Waals surface area (Å²) in [6.07, 6.45) is 7.92. The summed E-state index contributed by atoms with van der Waals surface area (Å²) in [5.74, 6) is 0.820. The van der Waals surface area contributed by atoms with Gasteiger partial charge in [-0.3, -0.25) is 4.99 Å². The topological polar surface area (TPSA) is 70.0 Å². The Labute approximate surface area is 177 Å². The first kappa shape index (κ1) is 19.8. The van der Waals surface area contributed by atoms with Crippen molar-refractivity contribution in [3.63, 3.8) is 0 Å². The molecule has 0 fully saturated rings. The van der Waals surface area contributed by atoms with Crippen molar-refractivity contribution in [2.45, 2.75) is 19.8 Å². The van der Waals surface area contributed by atoms with Gasteiger partial charge in [0.2, 0.25) is 0 Å². The molecule has 0 spiro atoms. The summed E-state index contributed by atoms with van der Waals surface area (Å²) in [6.45, 7) is 3.74. The fourth-order valence-corrected chi connectivity index (χ4v) is 3.58. The Morgan fingerprint density at radius 2 is 1.87 bits per heavy atom. The van der Waals surface area contributed by atoms with Gasteiger partial charge in [-0.05, 0) is 54.7 Å². The zero-order valence-corrected chi connectivity index (χ0v) is 17.5. The smallest absolute Gasteiger partial charge is 0.190 e. The second kappa shape index (κ2) is 9.31. The molecule has 0 aliphatic carbocycles. The fraction of sp³-hybridized carbons (Fsp3) is 0.250. The van der Waals surface area contributed by atoms with E-state index in [1.165, 1.54) is 27.6 Å². The quantitative estimate of drug-likeness (QED) is 0.328. The molecule has 4 aromatic rings. The molecule has 154 valence electrons. The molecular weight excluding hydrogens is 372 g/mol. The van der Waals surface area contributed by atoms with E-state index in [4.69, 9.17) is 0 Å². The number of fused-ring (bicyclic) bond motifs is 1. The minimum absolute atomic E-state index is 0.798. The highest BCUT2D eigenvalue weighted by Crippen LogP contribution is 2.19. The average molecular weight is 401 g/mol. The molecule has 0 aliphatic rings. The number of aromatic amines is 1. The number of hydrogen-bond acceptors (Lipinski definition) is 2. The molecule has 0 amide bonds. The Hall–Kier alpha value is -3.54. The lowest BCUT2D eigenvalue weighted by Crippen LogP contribution is -2.39. The van der Waals surface area contributed by atoms with Crippen LogP contribution in [0, 0.1) is 6.92 Å². The van der Waals surface area contributed by atoms with Crippen molar-refractivity contribution in [1.29, 1.82) is 0 Å². The molecule has 0 atom stereocenters. The maximum atomic E-state index is 4.45. The van der Waals surface area contributed by atoms with E-state index >= 15 is 0 Å². The number of guanidine groups is 1. The van der Waals surface area contributed by atoms with Crippen LogP contribution in [0.4, 0.5) is 0 Å². The molecule has 3 N–H and O–H groups in total. The highest BCUT2D eigenvalue weighted by atomic mass is 15.3. The molecule has 2 aromatic carbocycles. The summed E-state index contributed by atoms with van der Waals surface area (Å²) in [5.41, 5.74) is 6.05. The minimum atomic E-state index is 0.798. The molecule has 2 aromatic heterocycles. The lowest BCUT2D eigenvalue weighted by atomic mass is 10.1. The maximum absolute atomic E-state index is 4.45. The number of hydrogen-bond donors (Lipinski definition) is 3. The van der Waals surface area contributed by atoms with Crippen LogP contribution >= 0.6 is 0 Å². The van der Waals surface area contributed by atoms with E-state index in [2.05, 4.69) is 75.4 Å². The van der Waals surface area contributed by atoms with Crippen LogP contribution in [-0.2, 0) is 12.8 Å². The highest BCUT2D eigenvalue weighted by Gasteiger charge is 2.05. The number of aryl methyl sites for hydroxylation is 1. The van der Waals surface area contributed by atoms with E-state index in [1.54, 1.807) is 7.05 Å². The van der Waals surface area contributed by atoms with Gasteiger partial charge < -0.3 is 15.6 Å². The molecule has 30 heavy (non-hydrogen) atoms. The van der Waals surface area contributed by atoms with Crippen LogP contribution in [0.3, 0.4) is 0 Å². The van der Waals surface area contributed by atoms with Gasteiger partial charge in [0.15, 0.2) is 5.96 Å². The number of aliphatic imine (C=N–C) groups is 1. The third-order valence-electron chi connectivity index (χ3n) is 5.20. The zero-order chi connectivity index (χ0) is 20.8. The number of rotatable bonds is 7. The summed E-state index contributed by atoms with van der Waals surface area (Å²) in [7, 11) is 1.80. The number of nitrogens with one attached hydrogen (secondary N) is 3. The summed E-state index contributed by atoms with van der Waals surface area (Å²) in [6, 6.07) is 16.7. The minimum Gasteiger partial charge on any atom is -0.361 e. The molecule has 0 bridgehead atoms. The summed E-state index contributed by atoms with van der Waals surface area (Å²) >= 11 is 0. The van der Waals surface area contributed by atoms with E-state index in [1.807, 2.05) is 29.1 Å². The van der Waals surface area contributed by atoms with Gasteiger partial charge in [0, 0.05) is 43.4 Å². The molecule has 4 rings (SSSR count). The molecular formula is C24H28N6. The van der Waals surface area contributed by atoms with Gasteiger partial charge in [-0.1, -0.05) is 30.3 Å². The van der Waals surface area contributed by atoms with Crippen molar-refractivity contribution < 1.29 is 0 Å². The van der Waals surface area contributed by atoms with Crippen molar-refractivity contribution in [2.75, 3.05) is 20.1 Å². The van der Waals surface area contributed by atoms with E-state index < -0.39 is 0 Å². The molecule has 6 nitrogen and oxygen atoms in total. The second-order valence-corrected chi connectivity index (χ2v) is 7.42. The normalized spacial score (nSPS) is 11.7.